The Morgan fingerprint density at radius 2 is 2.00 bits per heavy atom. The van der Waals surface area contributed by atoms with Crippen LogP contribution in [0.25, 0.3) is 0 Å². The number of rotatable bonds is 3. The van der Waals surface area contributed by atoms with Crippen molar-refractivity contribution in [1.82, 2.24) is 9.80 Å². The summed E-state index contributed by atoms with van der Waals surface area (Å²) < 4.78 is 5.30. The molecule has 1 atom stereocenters. The summed E-state index contributed by atoms with van der Waals surface area (Å²) in [4.78, 5) is 15.5. The zero-order valence-corrected chi connectivity index (χ0v) is 12.3. The fraction of sp³-hybridized carbons (Fsp3) is 0.929. The quantitative estimate of drug-likeness (QED) is 0.718. The zero-order valence-electron chi connectivity index (χ0n) is 12.3. The van der Waals surface area contributed by atoms with Crippen LogP contribution in [0, 0.1) is 5.92 Å². The van der Waals surface area contributed by atoms with Crippen LogP contribution in [0.1, 0.15) is 19.8 Å². The summed E-state index contributed by atoms with van der Waals surface area (Å²) in [7, 11) is 0. The Bertz CT molecular complexity index is 331. The number of nitrogens with zero attached hydrogens (tertiary/aromatic N) is 2. The maximum atomic E-state index is 11.5. The monoisotopic (exact) mass is 286 g/mol. The average molecular weight is 286 g/mol. The molecule has 2 rings (SSSR count). The minimum absolute atomic E-state index is 0.0510. The standard InChI is InChI=1S/C14H26N2O4/c1-12(18)16-5-4-15(8-13(9-16)10-17)11-14(19)2-6-20-7-3-14/h13,17,19H,2-11H2,1H3/t13-/m1/s1. The highest BCUT2D eigenvalue weighted by Crippen LogP contribution is 2.23. The van der Waals surface area contributed by atoms with Crippen LogP contribution in [0.5, 0.6) is 0 Å². The van der Waals surface area contributed by atoms with Crippen molar-refractivity contribution in [3.8, 4) is 0 Å². The molecular weight excluding hydrogens is 260 g/mol. The van der Waals surface area contributed by atoms with Crippen molar-refractivity contribution >= 4 is 5.91 Å². The van der Waals surface area contributed by atoms with Gasteiger partial charge in [0, 0.05) is 78.2 Å². The number of hydrogen-bond acceptors (Lipinski definition) is 5. The number of amides is 1. The first-order chi connectivity index (χ1) is 9.52. The molecule has 0 aromatic rings. The first-order valence-electron chi connectivity index (χ1n) is 7.41. The molecule has 2 aliphatic rings. The Labute approximate surface area is 120 Å². The zero-order chi connectivity index (χ0) is 14.6. The van der Waals surface area contributed by atoms with Gasteiger partial charge in [-0.15, -0.1) is 0 Å². The van der Waals surface area contributed by atoms with E-state index in [9.17, 15) is 15.0 Å². The summed E-state index contributed by atoms with van der Waals surface area (Å²) >= 11 is 0. The fourth-order valence-corrected chi connectivity index (χ4v) is 3.05. The third-order valence-corrected chi connectivity index (χ3v) is 4.33. The van der Waals surface area contributed by atoms with Crippen molar-refractivity contribution in [2.45, 2.75) is 25.4 Å². The molecule has 0 saturated carbocycles. The number of ether oxygens (including phenoxy) is 1. The second-order valence-electron chi connectivity index (χ2n) is 6.09. The van der Waals surface area contributed by atoms with Crippen molar-refractivity contribution < 1.29 is 19.7 Å². The van der Waals surface area contributed by atoms with Crippen LogP contribution in [0.3, 0.4) is 0 Å². The molecule has 1 amide bonds. The van der Waals surface area contributed by atoms with Gasteiger partial charge in [0.25, 0.3) is 0 Å². The van der Waals surface area contributed by atoms with E-state index in [0.717, 1.165) is 13.1 Å². The van der Waals surface area contributed by atoms with Gasteiger partial charge >= 0.3 is 0 Å². The summed E-state index contributed by atoms with van der Waals surface area (Å²) in [6, 6.07) is 0. The van der Waals surface area contributed by atoms with Gasteiger partial charge in [-0.2, -0.15) is 0 Å². The van der Waals surface area contributed by atoms with Crippen LogP contribution < -0.4 is 0 Å². The first-order valence-corrected chi connectivity index (χ1v) is 7.41. The lowest BCUT2D eigenvalue weighted by Crippen LogP contribution is -2.48. The molecule has 2 N–H and O–H groups in total. The largest absolute Gasteiger partial charge is 0.396 e. The van der Waals surface area contributed by atoms with E-state index in [2.05, 4.69) is 4.90 Å². The Balaban J connectivity index is 1.95. The van der Waals surface area contributed by atoms with Crippen molar-refractivity contribution in [1.29, 1.82) is 0 Å². The van der Waals surface area contributed by atoms with Crippen LogP contribution in [0.2, 0.25) is 0 Å². The number of aliphatic hydroxyl groups excluding tert-OH is 1. The summed E-state index contributed by atoms with van der Waals surface area (Å²) in [5, 5.41) is 20.0. The third kappa shape index (κ3) is 4.15. The smallest absolute Gasteiger partial charge is 0.219 e. The highest BCUT2D eigenvalue weighted by molar-refractivity contribution is 5.73. The number of carbonyl (C=O) groups excluding carboxylic acids is 1. The number of aliphatic hydroxyl groups is 2. The van der Waals surface area contributed by atoms with Gasteiger partial charge in [0.05, 0.1) is 5.60 Å². The SMILES string of the molecule is CC(=O)N1CCN(CC2(O)CCOCC2)C[C@@H](CO)C1. The maximum Gasteiger partial charge on any atom is 0.219 e. The van der Waals surface area contributed by atoms with Gasteiger partial charge in [0.15, 0.2) is 0 Å². The average Bonchev–Trinajstić information content (AvgIpc) is 2.61. The van der Waals surface area contributed by atoms with Gasteiger partial charge < -0.3 is 19.8 Å². The van der Waals surface area contributed by atoms with Crippen molar-refractivity contribution in [2.24, 2.45) is 5.92 Å². The van der Waals surface area contributed by atoms with Gasteiger partial charge in [-0.05, 0) is 0 Å². The lowest BCUT2D eigenvalue weighted by atomic mass is 9.93. The predicted molar refractivity (Wildman–Crippen MR) is 74.3 cm³/mol. The van der Waals surface area contributed by atoms with Crippen LogP contribution in [-0.2, 0) is 9.53 Å². The maximum absolute atomic E-state index is 11.5. The van der Waals surface area contributed by atoms with Crippen LogP contribution in [-0.4, -0.2) is 84.1 Å². The molecule has 0 unspecified atom stereocenters. The summed E-state index contributed by atoms with van der Waals surface area (Å²) in [5.74, 6) is 0.111. The Hall–Kier alpha value is -0.690. The van der Waals surface area contributed by atoms with Gasteiger partial charge in [-0.25, -0.2) is 0 Å². The molecule has 0 spiro atoms. The molecule has 0 bridgehead atoms. The fourth-order valence-electron chi connectivity index (χ4n) is 3.05. The number of carbonyl (C=O) groups is 1. The van der Waals surface area contributed by atoms with Gasteiger partial charge in [0.1, 0.15) is 0 Å². The second-order valence-corrected chi connectivity index (χ2v) is 6.09. The van der Waals surface area contributed by atoms with E-state index in [1.54, 1.807) is 11.8 Å². The van der Waals surface area contributed by atoms with E-state index in [-0.39, 0.29) is 18.4 Å². The topological polar surface area (TPSA) is 73.2 Å². The van der Waals surface area contributed by atoms with Gasteiger partial charge in [0.2, 0.25) is 5.91 Å². The van der Waals surface area contributed by atoms with Crippen LogP contribution >= 0.6 is 0 Å². The highest BCUT2D eigenvalue weighted by Gasteiger charge is 2.34. The predicted octanol–water partition coefficient (Wildman–Crippen LogP) is -0.699. The molecule has 0 aromatic heterocycles. The van der Waals surface area contributed by atoms with E-state index in [4.69, 9.17) is 4.74 Å². The lowest BCUT2D eigenvalue weighted by Gasteiger charge is -2.37. The molecule has 2 fully saturated rings. The van der Waals surface area contributed by atoms with E-state index >= 15 is 0 Å². The molecule has 0 radical (unpaired) electrons. The Morgan fingerprint density at radius 1 is 1.30 bits per heavy atom. The van der Waals surface area contributed by atoms with E-state index < -0.39 is 5.60 Å². The Morgan fingerprint density at radius 3 is 2.60 bits per heavy atom. The Kier molecular flexibility index (Phi) is 5.37. The normalized spacial score (nSPS) is 28.1. The molecule has 0 aromatic carbocycles. The van der Waals surface area contributed by atoms with Crippen molar-refractivity contribution in [3.63, 3.8) is 0 Å². The van der Waals surface area contributed by atoms with Crippen molar-refractivity contribution in [3.05, 3.63) is 0 Å². The molecule has 20 heavy (non-hydrogen) atoms. The van der Waals surface area contributed by atoms with Gasteiger partial charge in [-0.3, -0.25) is 9.69 Å². The highest BCUT2D eigenvalue weighted by atomic mass is 16.5. The van der Waals surface area contributed by atoms with E-state index in [1.165, 1.54) is 0 Å². The first kappa shape index (κ1) is 15.7. The van der Waals surface area contributed by atoms with E-state index in [0.29, 0.717) is 45.7 Å². The summed E-state index contributed by atoms with van der Waals surface area (Å²) in [6.07, 6.45) is 1.31. The summed E-state index contributed by atoms with van der Waals surface area (Å²) in [6.45, 7) is 6.18. The molecule has 6 heteroatoms. The van der Waals surface area contributed by atoms with Crippen molar-refractivity contribution in [2.75, 3.05) is 52.5 Å². The van der Waals surface area contributed by atoms with Crippen LogP contribution in [0.4, 0.5) is 0 Å². The molecule has 116 valence electrons. The third-order valence-electron chi connectivity index (χ3n) is 4.33. The lowest BCUT2D eigenvalue weighted by molar-refractivity contribution is -0.129. The van der Waals surface area contributed by atoms with E-state index in [1.807, 2.05) is 0 Å². The second kappa shape index (κ2) is 6.85. The number of hydrogen-bond donors (Lipinski definition) is 2. The molecule has 2 aliphatic heterocycles. The minimum atomic E-state index is -0.691. The van der Waals surface area contributed by atoms with Crippen LogP contribution in [0.15, 0.2) is 0 Å². The molecule has 0 aliphatic carbocycles. The molecule has 2 heterocycles. The summed E-state index contributed by atoms with van der Waals surface area (Å²) in [5.41, 5.74) is -0.691. The molecular formula is C14H26N2O4. The van der Waals surface area contributed by atoms with Gasteiger partial charge in [-0.1, -0.05) is 0 Å². The minimum Gasteiger partial charge on any atom is -0.396 e. The number of β-amino-alcohol motifs (C(OH)–C–C–N with tert-alkyl or cyclic N) is 1. The molecule has 2 saturated heterocycles. The molecule has 6 nitrogen and oxygen atoms in total.